The lowest BCUT2D eigenvalue weighted by molar-refractivity contribution is 0.187. The van der Waals surface area contributed by atoms with E-state index in [0.29, 0.717) is 35.2 Å². The molecule has 12 heteroatoms. The fourth-order valence-corrected chi connectivity index (χ4v) is 5.42. The fourth-order valence-electron chi connectivity index (χ4n) is 5.05. The monoisotopic (exact) mass is 575 g/mol. The number of H-pyrrole nitrogens is 1. The summed E-state index contributed by atoms with van der Waals surface area (Å²) in [6, 6.07) is 16.4. The minimum atomic E-state index is -0.553. The summed E-state index contributed by atoms with van der Waals surface area (Å²) in [5.74, 6) is 0.610. The van der Waals surface area contributed by atoms with Crippen LogP contribution in [0.2, 0.25) is 10.3 Å². The number of carbonyl (C=O) groups excluding carboxylic acids is 1. The molecular formula is C28H23Cl2N7O3. The summed E-state index contributed by atoms with van der Waals surface area (Å²) < 4.78 is 8.00. The molecule has 1 atom stereocenters. The van der Waals surface area contributed by atoms with Gasteiger partial charge < -0.3 is 14.3 Å². The first-order chi connectivity index (χ1) is 19.3. The molecule has 40 heavy (non-hydrogen) atoms. The van der Waals surface area contributed by atoms with E-state index in [-0.39, 0.29) is 16.8 Å². The molecule has 0 bridgehead atoms. The van der Waals surface area contributed by atoms with Gasteiger partial charge in [0.1, 0.15) is 16.7 Å². The molecule has 6 rings (SSSR count). The molecule has 3 aromatic heterocycles. The Bertz CT molecular complexity index is 1810. The number of anilines is 1. The van der Waals surface area contributed by atoms with E-state index < -0.39 is 6.09 Å². The number of aromatic nitrogens is 6. The summed E-state index contributed by atoms with van der Waals surface area (Å²) in [6.45, 7) is 2.00. The summed E-state index contributed by atoms with van der Waals surface area (Å²) in [7, 11) is 1.30. The van der Waals surface area contributed by atoms with Crippen molar-refractivity contribution in [3.63, 3.8) is 0 Å². The van der Waals surface area contributed by atoms with Crippen LogP contribution in [0.15, 0.2) is 65.6 Å². The Morgan fingerprint density at radius 3 is 2.62 bits per heavy atom. The molecule has 1 aliphatic heterocycles. The van der Waals surface area contributed by atoms with Crippen LogP contribution in [0.3, 0.4) is 0 Å². The fraction of sp³-hybridized carbons (Fsp3) is 0.179. The van der Waals surface area contributed by atoms with Gasteiger partial charge in [0.2, 0.25) is 0 Å². The van der Waals surface area contributed by atoms with Crippen LogP contribution in [-0.4, -0.2) is 42.7 Å². The predicted molar refractivity (Wildman–Crippen MR) is 152 cm³/mol. The summed E-state index contributed by atoms with van der Waals surface area (Å²) in [5, 5.41) is 11.3. The molecule has 10 nitrogen and oxygen atoms in total. The molecule has 2 aromatic carbocycles. The van der Waals surface area contributed by atoms with Crippen LogP contribution in [0, 0.1) is 6.92 Å². The number of ether oxygens (including phenoxy) is 1. The number of nitrogens with one attached hydrogen (secondary N) is 2. The number of imidazole rings is 1. The maximum absolute atomic E-state index is 13.5. The van der Waals surface area contributed by atoms with Gasteiger partial charge in [0, 0.05) is 28.6 Å². The zero-order valence-electron chi connectivity index (χ0n) is 21.5. The van der Waals surface area contributed by atoms with Gasteiger partial charge in [0.05, 0.1) is 25.0 Å². The Balaban J connectivity index is 1.33. The number of fused-ring (bicyclic) bond motifs is 1. The van der Waals surface area contributed by atoms with E-state index in [1.165, 1.54) is 7.11 Å². The van der Waals surface area contributed by atoms with Crippen molar-refractivity contribution in [3.05, 3.63) is 98.5 Å². The van der Waals surface area contributed by atoms with E-state index >= 15 is 0 Å². The summed E-state index contributed by atoms with van der Waals surface area (Å²) in [6.07, 6.45) is 2.48. The third-order valence-corrected chi connectivity index (χ3v) is 7.34. The van der Waals surface area contributed by atoms with Crippen LogP contribution in [-0.2, 0) is 11.2 Å². The third kappa shape index (κ3) is 4.76. The highest BCUT2D eigenvalue weighted by molar-refractivity contribution is 6.32. The summed E-state index contributed by atoms with van der Waals surface area (Å²) in [4.78, 5) is 32.9. The molecule has 1 aliphatic rings. The van der Waals surface area contributed by atoms with Crippen molar-refractivity contribution in [1.29, 1.82) is 0 Å². The zero-order valence-corrected chi connectivity index (χ0v) is 23.0. The van der Waals surface area contributed by atoms with Crippen LogP contribution in [0.1, 0.15) is 29.5 Å². The highest BCUT2D eigenvalue weighted by atomic mass is 35.5. The number of methoxy groups -OCH3 is 1. The van der Waals surface area contributed by atoms with Crippen molar-refractivity contribution in [1.82, 2.24) is 29.5 Å². The van der Waals surface area contributed by atoms with Crippen LogP contribution in [0.5, 0.6) is 0 Å². The number of amides is 1. The van der Waals surface area contributed by atoms with Crippen LogP contribution in [0.25, 0.3) is 28.1 Å². The second-order valence-corrected chi connectivity index (χ2v) is 10.2. The predicted octanol–water partition coefficient (Wildman–Crippen LogP) is 5.82. The lowest BCUT2D eigenvalue weighted by Gasteiger charge is -2.15. The number of benzene rings is 2. The van der Waals surface area contributed by atoms with Crippen LogP contribution >= 0.6 is 23.2 Å². The van der Waals surface area contributed by atoms with Gasteiger partial charge in [-0.25, -0.2) is 14.5 Å². The highest BCUT2D eigenvalue weighted by Gasteiger charge is 2.29. The lowest BCUT2D eigenvalue weighted by atomic mass is 10.0. The van der Waals surface area contributed by atoms with Crippen molar-refractivity contribution in [2.45, 2.75) is 25.8 Å². The van der Waals surface area contributed by atoms with Crippen molar-refractivity contribution >= 4 is 35.0 Å². The van der Waals surface area contributed by atoms with E-state index in [2.05, 4.69) is 25.3 Å². The Hall–Kier alpha value is -4.41. The number of carbonyl (C=O) groups is 1. The second-order valence-electron chi connectivity index (χ2n) is 9.48. The Morgan fingerprint density at radius 1 is 1.10 bits per heavy atom. The molecule has 2 N–H and O–H groups in total. The van der Waals surface area contributed by atoms with Crippen molar-refractivity contribution < 1.29 is 9.53 Å². The molecule has 1 amide bonds. The molecule has 0 saturated heterocycles. The first-order valence-corrected chi connectivity index (χ1v) is 13.2. The van der Waals surface area contributed by atoms with Gasteiger partial charge in [-0.1, -0.05) is 52.2 Å². The van der Waals surface area contributed by atoms with E-state index in [1.54, 1.807) is 45.8 Å². The minimum absolute atomic E-state index is 0.133. The van der Waals surface area contributed by atoms with Gasteiger partial charge in [0.25, 0.3) is 5.56 Å². The average Bonchev–Trinajstić information content (AvgIpc) is 3.67. The minimum Gasteiger partial charge on any atom is -0.453 e. The molecule has 0 aliphatic carbocycles. The number of aromatic amines is 1. The SMILES string of the molecule is COC(=O)Nc1ccc(-c2nc([C@@H]3CCc4cc(-c5cc(C)ccc5-n5cc(Cl)nn5)cc(=O)n43)[nH]c2Cl)cc1. The number of rotatable bonds is 5. The van der Waals surface area contributed by atoms with E-state index in [4.69, 9.17) is 28.2 Å². The number of nitrogens with zero attached hydrogens (tertiary/aromatic N) is 5. The molecule has 0 spiro atoms. The van der Waals surface area contributed by atoms with Gasteiger partial charge in [-0.2, -0.15) is 0 Å². The van der Waals surface area contributed by atoms with Crippen LogP contribution in [0.4, 0.5) is 10.5 Å². The largest absolute Gasteiger partial charge is 0.453 e. The van der Waals surface area contributed by atoms with Crippen LogP contribution < -0.4 is 10.9 Å². The molecule has 202 valence electrons. The van der Waals surface area contributed by atoms with E-state index in [9.17, 15) is 9.59 Å². The molecule has 0 radical (unpaired) electrons. The Morgan fingerprint density at radius 2 is 1.90 bits per heavy atom. The highest BCUT2D eigenvalue weighted by Crippen LogP contribution is 2.36. The van der Waals surface area contributed by atoms with Gasteiger partial charge in [-0.3, -0.25) is 10.1 Å². The number of aryl methyl sites for hydroxylation is 2. The first-order valence-electron chi connectivity index (χ1n) is 12.5. The topological polar surface area (TPSA) is 120 Å². The van der Waals surface area contributed by atoms with Gasteiger partial charge >= 0.3 is 6.09 Å². The maximum atomic E-state index is 13.5. The molecule has 0 saturated carbocycles. The molecule has 5 aromatic rings. The maximum Gasteiger partial charge on any atom is 0.411 e. The van der Waals surface area contributed by atoms with Crippen molar-refractivity contribution in [2.75, 3.05) is 12.4 Å². The third-order valence-electron chi connectivity index (χ3n) is 6.89. The lowest BCUT2D eigenvalue weighted by Crippen LogP contribution is -2.24. The van der Waals surface area contributed by atoms with Crippen molar-refractivity contribution in [3.8, 4) is 28.1 Å². The number of hydrogen-bond acceptors (Lipinski definition) is 6. The second kappa shape index (κ2) is 10.3. The summed E-state index contributed by atoms with van der Waals surface area (Å²) in [5.41, 5.74) is 6.17. The Labute approximate surface area is 238 Å². The van der Waals surface area contributed by atoms with Crippen molar-refractivity contribution in [2.24, 2.45) is 0 Å². The molecule has 0 fully saturated rings. The quantitative estimate of drug-likeness (QED) is 0.272. The summed E-state index contributed by atoms with van der Waals surface area (Å²) >= 11 is 12.6. The van der Waals surface area contributed by atoms with Gasteiger partial charge in [-0.15, -0.1) is 5.10 Å². The molecule has 0 unspecified atom stereocenters. The Kier molecular flexibility index (Phi) is 6.65. The smallest absolute Gasteiger partial charge is 0.411 e. The van der Waals surface area contributed by atoms with Gasteiger partial charge in [-0.05, 0) is 55.7 Å². The zero-order chi connectivity index (χ0) is 28.0. The number of pyridine rings is 1. The molecule has 4 heterocycles. The normalized spacial score (nSPS) is 14.2. The van der Waals surface area contributed by atoms with Gasteiger partial charge in [0.15, 0.2) is 5.15 Å². The average molecular weight is 576 g/mol. The van der Waals surface area contributed by atoms with E-state index in [0.717, 1.165) is 33.6 Å². The number of hydrogen-bond donors (Lipinski definition) is 2. The van der Waals surface area contributed by atoms with E-state index in [1.807, 2.05) is 31.2 Å². The molecular weight excluding hydrogens is 553 g/mol. The number of halogens is 2. The first kappa shape index (κ1) is 25.8. The standard InChI is InChI=1S/C28H23Cl2N7O3/c1-15-3-9-21(36-14-23(29)34-35-36)20(11-15)17-12-19-8-10-22(37(19)24(38)13-17)27-32-25(26(30)33-27)16-4-6-18(7-5-16)31-28(39)40-2/h3-7,9,11-14,22H,8,10H2,1-2H3,(H,31,39)(H,32,33)/t22-/m0/s1.